The third kappa shape index (κ3) is 5.84. The number of thioether (sulfide) groups is 1. The molecule has 1 saturated heterocycles. The molecule has 7 nitrogen and oxygen atoms in total. The van der Waals surface area contributed by atoms with Gasteiger partial charge in [0.05, 0.1) is 17.5 Å². The summed E-state index contributed by atoms with van der Waals surface area (Å²) >= 11 is 7.54. The summed E-state index contributed by atoms with van der Waals surface area (Å²) in [6.45, 7) is 4.48. The van der Waals surface area contributed by atoms with Gasteiger partial charge < -0.3 is 30.7 Å². The molecule has 28 heavy (non-hydrogen) atoms. The minimum absolute atomic E-state index is 0.211. The SMILES string of the molecule is CCCCC1=CCN[C@H](C(=O)N[C@@H]([C@H]2O[C@H](SC)[C@H](O)[C@@H](O)[C@H]2O)[C@H](C)Cl)C1. The molecule has 0 radical (unpaired) electrons. The van der Waals surface area contributed by atoms with E-state index < -0.39 is 41.3 Å². The highest BCUT2D eigenvalue weighted by atomic mass is 35.5. The molecule has 2 heterocycles. The number of nitrogens with one attached hydrogen (secondary N) is 2. The molecule has 2 aliphatic rings. The first kappa shape index (κ1) is 23.9. The van der Waals surface area contributed by atoms with E-state index in [1.165, 1.54) is 17.3 Å². The van der Waals surface area contributed by atoms with Gasteiger partial charge in [-0.25, -0.2) is 0 Å². The van der Waals surface area contributed by atoms with Crippen LogP contribution in [0.5, 0.6) is 0 Å². The van der Waals surface area contributed by atoms with Gasteiger partial charge in [0, 0.05) is 6.54 Å². The standard InChI is InChI=1S/C19H33ClN2O5S/c1-4-5-6-11-7-8-21-12(9-11)18(26)22-13(10(2)20)17-15(24)14(23)16(25)19(27-17)28-3/h7,10,12-17,19,21,23-25H,4-6,8-9H2,1-3H3,(H,22,26)/t10-,12-,13+,14-,15+,16+,17+,19+/m0/s1. The molecule has 0 aliphatic carbocycles. The first-order valence-electron chi connectivity index (χ1n) is 9.88. The average molecular weight is 437 g/mol. The van der Waals surface area contributed by atoms with Crippen LogP contribution in [-0.4, -0.2) is 81.3 Å². The van der Waals surface area contributed by atoms with Crippen LogP contribution in [0.3, 0.4) is 0 Å². The van der Waals surface area contributed by atoms with Crippen molar-refractivity contribution < 1.29 is 24.9 Å². The van der Waals surface area contributed by atoms with Crippen molar-refractivity contribution in [1.29, 1.82) is 0 Å². The van der Waals surface area contributed by atoms with Gasteiger partial charge in [-0.15, -0.1) is 23.4 Å². The highest BCUT2D eigenvalue weighted by Gasteiger charge is 2.48. The molecule has 1 amide bonds. The van der Waals surface area contributed by atoms with E-state index in [-0.39, 0.29) is 11.9 Å². The normalized spacial score (nSPS) is 35.8. The van der Waals surface area contributed by atoms with E-state index in [2.05, 4.69) is 23.6 Å². The Balaban J connectivity index is 2.06. The number of aliphatic hydroxyl groups excluding tert-OH is 3. The van der Waals surface area contributed by atoms with E-state index in [4.69, 9.17) is 16.3 Å². The summed E-state index contributed by atoms with van der Waals surface area (Å²) in [5.41, 5.74) is 0.556. The molecule has 5 N–H and O–H groups in total. The number of unbranched alkanes of at least 4 members (excludes halogenated alkanes) is 1. The molecular weight excluding hydrogens is 404 g/mol. The van der Waals surface area contributed by atoms with Crippen molar-refractivity contribution >= 4 is 29.3 Å². The van der Waals surface area contributed by atoms with Crippen LogP contribution in [0.1, 0.15) is 39.5 Å². The Hall–Kier alpha value is -0.350. The maximum absolute atomic E-state index is 12.9. The Bertz CT molecular complexity index is 548. The van der Waals surface area contributed by atoms with E-state index in [0.29, 0.717) is 13.0 Å². The van der Waals surface area contributed by atoms with Crippen molar-refractivity contribution in [3.8, 4) is 0 Å². The van der Waals surface area contributed by atoms with Gasteiger partial charge in [0.25, 0.3) is 0 Å². The van der Waals surface area contributed by atoms with Gasteiger partial charge in [-0.1, -0.05) is 25.0 Å². The topological polar surface area (TPSA) is 111 Å². The second-order valence-corrected chi connectivity index (χ2v) is 9.14. The average Bonchev–Trinajstić information content (AvgIpc) is 2.69. The zero-order valence-corrected chi connectivity index (χ0v) is 18.2. The molecule has 9 heteroatoms. The number of carbonyl (C=O) groups is 1. The molecule has 0 spiro atoms. The van der Waals surface area contributed by atoms with Crippen molar-refractivity contribution in [1.82, 2.24) is 10.6 Å². The molecule has 0 unspecified atom stereocenters. The highest BCUT2D eigenvalue weighted by molar-refractivity contribution is 7.99. The first-order valence-corrected chi connectivity index (χ1v) is 11.6. The van der Waals surface area contributed by atoms with Gasteiger partial charge in [0.2, 0.25) is 5.91 Å². The Morgan fingerprint density at radius 2 is 2.11 bits per heavy atom. The number of hydrogen-bond donors (Lipinski definition) is 5. The molecule has 1 fully saturated rings. The minimum Gasteiger partial charge on any atom is -0.388 e. The van der Waals surface area contributed by atoms with Crippen molar-refractivity contribution in [2.45, 2.75) is 86.8 Å². The maximum Gasteiger partial charge on any atom is 0.237 e. The summed E-state index contributed by atoms with van der Waals surface area (Å²) in [5, 5.41) is 36.2. The van der Waals surface area contributed by atoms with Crippen LogP contribution in [0.4, 0.5) is 0 Å². The molecule has 2 rings (SSSR count). The quantitative estimate of drug-likeness (QED) is 0.282. The molecule has 0 saturated carbocycles. The largest absolute Gasteiger partial charge is 0.388 e. The Morgan fingerprint density at radius 3 is 2.71 bits per heavy atom. The lowest BCUT2D eigenvalue weighted by atomic mass is 9.92. The van der Waals surface area contributed by atoms with Gasteiger partial charge in [-0.05, 0) is 32.4 Å². The Morgan fingerprint density at radius 1 is 1.39 bits per heavy atom. The zero-order valence-electron chi connectivity index (χ0n) is 16.7. The van der Waals surface area contributed by atoms with Crippen LogP contribution in [-0.2, 0) is 9.53 Å². The van der Waals surface area contributed by atoms with E-state index in [9.17, 15) is 20.1 Å². The summed E-state index contributed by atoms with van der Waals surface area (Å²) in [4.78, 5) is 12.9. The second kappa shape index (κ2) is 11.2. The lowest BCUT2D eigenvalue weighted by Gasteiger charge is -2.44. The lowest BCUT2D eigenvalue weighted by molar-refractivity contribution is -0.205. The van der Waals surface area contributed by atoms with Gasteiger partial charge in [-0.3, -0.25) is 4.79 Å². The summed E-state index contributed by atoms with van der Waals surface area (Å²) in [6.07, 6.45) is 2.83. The number of rotatable bonds is 8. The first-order chi connectivity index (χ1) is 13.3. The van der Waals surface area contributed by atoms with Crippen LogP contribution in [0, 0.1) is 0 Å². The molecule has 8 atom stereocenters. The van der Waals surface area contributed by atoms with Crippen LogP contribution in [0.15, 0.2) is 11.6 Å². The maximum atomic E-state index is 12.9. The highest BCUT2D eigenvalue weighted by Crippen LogP contribution is 2.30. The molecule has 0 aromatic heterocycles. The van der Waals surface area contributed by atoms with Crippen molar-refractivity contribution in [2.24, 2.45) is 0 Å². The van der Waals surface area contributed by atoms with Gasteiger partial charge in [0.15, 0.2) is 0 Å². The molecule has 2 aliphatic heterocycles. The lowest BCUT2D eigenvalue weighted by Crippen LogP contribution is -2.65. The molecule has 0 aromatic carbocycles. The summed E-state index contributed by atoms with van der Waals surface area (Å²) in [5.74, 6) is -0.211. The van der Waals surface area contributed by atoms with E-state index in [1.807, 2.05) is 0 Å². The second-order valence-electron chi connectivity index (χ2n) is 7.52. The molecule has 162 valence electrons. The van der Waals surface area contributed by atoms with Crippen molar-refractivity contribution in [3.05, 3.63) is 11.6 Å². The number of aliphatic hydroxyl groups is 3. The predicted octanol–water partition coefficient (Wildman–Crippen LogP) is 0.748. The third-order valence-corrected chi connectivity index (χ3v) is 6.51. The monoisotopic (exact) mass is 436 g/mol. The van der Waals surface area contributed by atoms with Crippen molar-refractivity contribution in [2.75, 3.05) is 12.8 Å². The number of amides is 1. The zero-order chi connectivity index (χ0) is 20.8. The van der Waals surface area contributed by atoms with E-state index in [0.717, 1.165) is 19.3 Å². The van der Waals surface area contributed by atoms with Crippen molar-refractivity contribution in [3.63, 3.8) is 0 Å². The smallest absolute Gasteiger partial charge is 0.237 e. The summed E-state index contributed by atoms with van der Waals surface area (Å²) in [6, 6.07) is -1.09. The van der Waals surface area contributed by atoms with Crippen LogP contribution in [0.2, 0.25) is 0 Å². The Labute approximate surface area is 176 Å². The molecule has 0 bridgehead atoms. The summed E-state index contributed by atoms with van der Waals surface area (Å²) < 4.78 is 5.79. The fourth-order valence-corrected chi connectivity index (χ4v) is 4.53. The van der Waals surface area contributed by atoms with E-state index in [1.54, 1.807) is 13.2 Å². The van der Waals surface area contributed by atoms with Gasteiger partial charge in [0.1, 0.15) is 29.9 Å². The molecular formula is C19H33ClN2O5S. The summed E-state index contributed by atoms with van der Waals surface area (Å²) in [7, 11) is 0. The third-order valence-electron chi connectivity index (χ3n) is 5.39. The van der Waals surface area contributed by atoms with Crippen LogP contribution in [0.25, 0.3) is 0 Å². The van der Waals surface area contributed by atoms with Crippen LogP contribution < -0.4 is 10.6 Å². The van der Waals surface area contributed by atoms with Gasteiger partial charge in [-0.2, -0.15) is 0 Å². The fraction of sp³-hybridized carbons (Fsp3) is 0.842. The predicted molar refractivity (Wildman–Crippen MR) is 111 cm³/mol. The van der Waals surface area contributed by atoms with Crippen LogP contribution >= 0.6 is 23.4 Å². The number of carbonyl (C=O) groups excluding carboxylic acids is 1. The number of halogens is 1. The Kier molecular flexibility index (Phi) is 9.53. The minimum atomic E-state index is -1.37. The fourth-order valence-electron chi connectivity index (χ4n) is 3.65. The van der Waals surface area contributed by atoms with Gasteiger partial charge >= 0.3 is 0 Å². The molecule has 0 aromatic rings. The number of hydrogen-bond acceptors (Lipinski definition) is 7. The number of alkyl halides is 1. The van der Waals surface area contributed by atoms with E-state index >= 15 is 0 Å². The number of ether oxygens (including phenoxy) is 1.